The van der Waals surface area contributed by atoms with E-state index >= 15 is 0 Å². The Morgan fingerprint density at radius 3 is 2.68 bits per heavy atom. The molecule has 1 unspecified atom stereocenters. The summed E-state index contributed by atoms with van der Waals surface area (Å²) in [6, 6.07) is -0.499. The fourth-order valence-electron chi connectivity index (χ4n) is 2.74. The average molecular weight is 350 g/mol. The van der Waals surface area contributed by atoms with Crippen molar-refractivity contribution in [1.82, 2.24) is 25.0 Å². The molecule has 138 valence electrons. The van der Waals surface area contributed by atoms with E-state index in [1.807, 2.05) is 20.8 Å². The number of nitrogens with zero attached hydrogens (tertiary/aromatic N) is 4. The molecule has 1 aromatic heterocycles. The van der Waals surface area contributed by atoms with E-state index in [4.69, 9.17) is 0 Å². The van der Waals surface area contributed by atoms with Gasteiger partial charge in [-0.3, -0.25) is 19.7 Å². The summed E-state index contributed by atoms with van der Waals surface area (Å²) in [5.74, 6) is -0.387. The number of likely N-dealkylation sites (tertiary alicyclic amines) is 1. The Morgan fingerprint density at radius 2 is 2.04 bits per heavy atom. The van der Waals surface area contributed by atoms with Gasteiger partial charge in [0.1, 0.15) is 18.9 Å². The number of hydrogen-bond acceptors (Lipinski definition) is 5. The smallest absolute Gasteiger partial charge is 0.249 e. The molecule has 2 heterocycles. The summed E-state index contributed by atoms with van der Waals surface area (Å²) in [6.45, 7) is 6.61. The Kier molecular flexibility index (Phi) is 5.76. The van der Waals surface area contributed by atoms with Crippen LogP contribution in [-0.2, 0) is 20.9 Å². The Balaban J connectivity index is 1.97. The van der Waals surface area contributed by atoms with Crippen molar-refractivity contribution in [2.45, 2.75) is 52.6 Å². The fourth-order valence-corrected chi connectivity index (χ4v) is 2.74. The third-order valence-corrected chi connectivity index (χ3v) is 3.91. The summed E-state index contributed by atoms with van der Waals surface area (Å²) in [4.78, 5) is 41.9. The Labute approximate surface area is 147 Å². The predicted molar refractivity (Wildman–Crippen MR) is 91.5 cm³/mol. The number of anilines is 1. The van der Waals surface area contributed by atoms with E-state index in [9.17, 15) is 14.4 Å². The minimum atomic E-state index is -0.499. The molecule has 2 rings (SSSR count). The van der Waals surface area contributed by atoms with Gasteiger partial charge < -0.3 is 10.2 Å². The van der Waals surface area contributed by atoms with Crippen molar-refractivity contribution >= 4 is 23.7 Å². The zero-order chi connectivity index (χ0) is 18.6. The van der Waals surface area contributed by atoms with Gasteiger partial charge in [0.2, 0.25) is 23.7 Å². The van der Waals surface area contributed by atoms with Gasteiger partial charge >= 0.3 is 0 Å². The van der Waals surface area contributed by atoms with Crippen molar-refractivity contribution in [3.63, 3.8) is 0 Å². The topological polar surface area (TPSA) is 109 Å². The summed E-state index contributed by atoms with van der Waals surface area (Å²) < 4.78 is 1.34. The summed E-state index contributed by atoms with van der Waals surface area (Å²) >= 11 is 0. The van der Waals surface area contributed by atoms with Crippen molar-refractivity contribution in [2.24, 2.45) is 5.41 Å². The van der Waals surface area contributed by atoms with Crippen molar-refractivity contribution in [2.75, 3.05) is 18.9 Å². The van der Waals surface area contributed by atoms with Crippen LogP contribution < -0.4 is 10.6 Å². The molecule has 0 saturated carbocycles. The van der Waals surface area contributed by atoms with Gasteiger partial charge in [-0.2, -0.15) is 0 Å². The van der Waals surface area contributed by atoms with Crippen LogP contribution in [0.4, 0.5) is 5.95 Å². The lowest BCUT2D eigenvalue weighted by Crippen LogP contribution is -2.44. The van der Waals surface area contributed by atoms with Gasteiger partial charge in [0.25, 0.3) is 0 Å². The highest BCUT2D eigenvalue weighted by atomic mass is 16.2. The van der Waals surface area contributed by atoms with E-state index in [0.29, 0.717) is 19.4 Å². The van der Waals surface area contributed by atoms with Crippen molar-refractivity contribution < 1.29 is 14.4 Å². The Bertz CT molecular complexity index is 649. The number of rotatable bonds is 5. The second-order valence-corrected chi connectivity index (χ2v) is 7.41. The lowest BCUT2D eigenvalue weighted by atomic mass is 9.91. The molecule has 0 spiro atoms. The standard InChI is InChI=1S/C16H26N6O3/c1-16(2,3)8-13(24)22-7-5-6-11(22)14(25)19-15-18-10-21(20-15)9-12(23)17-4/h10-11H,5-9H2,1-4H3,(H,17,23)(H,19,20,25). The maximum Gasteiger partial charge on any atom is 0.249 e. The molecule has 25 heavy (non-hydrogen) atoms. The van der Waals surface area contributed by atoms with E-state index in [0.717, 1.165) is 6.42 Å². The van der Waals surface area contributed by atoms with Crippen molar-refractivity contribution in [3.05, 3.63) is 6.33 Å². The largest absolute Gasteiger partial charge is 0.358 e. The van der Waals surface area contributed by atoms with Gasteiger partial charge in [-0.1, -0.05) is 20.8 Å². The van der Waals surface area contributed by atoms with Gasteiger partial charge in [0.05, 0.1) is 0 Å². The number of amides is 3. The summed E-state index contributed by atoms with van der Waals surface area (Å²) in [5.41, 5.74) is -0.124. The minimum absolute atomic E-state index is 0.0109. The average Bonchev–Trinajstić information content (AvgIpc) is 3.14. The van der Waals surface area contributed by atoms with Crippen LogP contribution in [0.15, 0.2) is 6.33 Å². The highest BCUT2D eigenvalue weighted by Crippen LogP contribution is 2.25. The molecule has 1 atom stereocenters. The zero-order valence-electron chi connectivity index (χ0n) is 15.2. The molecule has 0 radical (unpaired) electrons. The van der Waals surface area contributed by atoms with Crippen LogP contribution in [-0.4, -0.2) is 57.0 Å². The lowest BCUT2D eigenvalue weighted by molar-refractivity contribution is -0.138. The SMILES string of the molecule is CNC(=O)Cn1cnc(NC(=O)C2CCCN2C(=O)CC(C)(C)C)n1. The van der Waals surface area contributed by atoms with Crippen molar-refractivity contribution in [3.8, 4) is 0 Å². The second-order valence-electron chi connectivity index (χ2n) is 7.41. The number of carbonyl (C=O) groups excluding carboxylic acids is 3. The van der Waals surface area contributed by atoms with E-state index in [-0.39, 0.29) is 35.6 Å². The number of aromatic nitrogens is 3. The van der Waals surface area contributed by atoms with E-state index < -0.39 is 6.04 Å². The number of likely N-dealkylation sites (N-methyl/N-ethyl adjacent to an activating group) is 1. The van der Waals surface area contributed by atoms with E-state index in [1.165, 1.54) is 18.1 Å². The zero-order valence-corrected chi connectivity index (χ0v) is 15.2. The van der Waals surface area contributed by atoms with Crippen LogP contribution in [0.25, 0.3) is 0 Å². The third-order valence-electron chi connectivity index (χ3n) is 3.91. The normalized spacial score (nSPS) is 17.4. The fraction of sp³-hybridized carbons (Fsp3) is 0.688. The summed E-state index contributed by atoms with van der Waals surface area (Å²) in [7, 11) is 1.53. The number of carbonyl (C=O) groups is 3. The van der Waals surface area contributed by atoms with Crippen LogP contribution in [0, 0.1) is 5.41 Å². The van der Waals surface area contributed by atoms with Gasteiger partial charge in [0, 0.05) is 20.0 Å². The molecular formula is C16H26N6O3. The molecular weight excluding hydrogens is 324 g/mol. The molecule has 1 aromatic rings. The van der Waals surface area contributed by atoms with Crippen molar-refractivity contribution in [1.29, 1.82) is 0 Å². The van der Waals surface area contributed by atoms with Gasteiger partial charge in [-0.05, 0) is 18.3 Å². The predicted octanol–water partition coefficient (Wildman–Crippen LogP) is 0.390. The highest BCUT2D eigenvalue weighted by Gasteiger charge is 2.35. The second kappa shape index (κ2) is 7.62. The Hall–Kier alpha value is -2.45. The van der Waals surface area contributed by atoms with Crippen LogP contribution in [0.1, 0.15) is 40.0 Å². The molecule has 9 heteroatoms. The monoisotopic (exact) mass is 350 g/mol. The molecule has 0 aromatic carbocycles. The lowest BCUT2D eigenvalue weighted by Gasteiger charge is -2.27. The molecule has 0 aliphatic carbocycles. The molecule has 0 bridgehead atoms. The van der Waals surface area contributed by atoms with Crippen LogP contribution in [0.2, 0.25) is 0 Å². The molecule has 1 saturated heterocycles. The first kappa shape index (κ1) is 18.9. The number of nitrogens with one attached hydrogen (secondary N) is 2. The maximum atomic E-state index is 12.5. The Morgan fingerprint density at radius 1 is 1.32 bits per heavy atom. The van der Waals surface area contributed by atoms with Gasteiger partial charge in [0.15, 0.2) is 0 Å². The minimum Gasteiger partial charge on any atom is -0.358 e. The summed E-state index contributed by atoms with van der Waals surface area (Å²) in [6.07, 6.45) is 3.20. The molecule has 9 nitrogen and oxygen atoms in total. The van der Waals surface area contributed by atoms with Gasteiger partial charge in [-0.25, -0.2) is 9.67 Å². The molecule has 1 aliphatic heterocycles. The van der Waals surface area contributed by atoms with Gasteiger partial charge in [-0.15, -0.1) is 5.10 Å². The quantitative estimate of drug-likeness (QED) is 0.798. The number of hydrogen-bond donors (Lipinski definition) is 2. The molecule has 3 amide bonds. The molecule has 1 aliphatic rings. The molecule has 2 N–H and O–H groups in total. The van der Waals surface area contributed by atoms with E-state index in [2.05, 4.69) is 20.7 Å². The van der Waals surface area contributed by atoms with Crippen LogP contribution in [0.5, 0.6) is 0 Å². The highest BCUT2D eigenvalue weighted by molar-refractivity contribution is 5.96. The first-order valence-corrected chi connectivity index (χ1v) is 8.40. The van der Waals surface area contributed by atoms with Crippen LogP contribution in [0.3, 0.4) is 0 Å². The van der Waals surface area contributed by atoms with E-state index in [1.54, 1.807) is 4.90 Å². The maximum absolute atomic E-state index is 12.5. The first-order valence-electron chi connectivity index (χ1n) is 8.40. The first-order chi connectivity index (χ1) is 11.7. The third kappa shape index (κ3) is 5.27. The molecule has 1 fully saturated rings. The summed E-state index contributed by atoms with van der Waals surface area (Å²) in [5, 5.41) is 9.17. The van der Waals surface area contributed by atoms with Crippen LogP contribution >= 0.6 is 0 Å².